The molecule has 9 heteroatoms. The van der Waals surface area contributed by atoms with Crippen LogP contribution < -0.4 is 15.4 Å². The molecule has 7 rings (SSSR count). The summed E-state index contributed by atoms with van der Waals surface area (Å²) in [5.74, 6) is -0.0234. The van der Waals surface area contributed by atoms with Gasteiger partial charge in [-0.2, -0.15) is 0 Å². The van der Waals surface area contributed by atoms with Crippen molar-refractivity contribution < 1.29 is 9.90 Å². The Balaban J connectivity index is 1.18. The van der Waals surface area contributed by atoms with Crippen LogP contribution in [0.2, 0.25) is 0 Å². The van der Waals surface area contributed by atoms with Crippen LogP contribution in [-0.4, -0.2) is 69.8 Å². The van der Waals surface area contributed by atoms with Gasteiger partial charge < -0.3 is 28.9 Å². The Labute approximate surface area is 258 Å². The molecule has 44 heavy (non-hydrogen) atoms. The fourth-order valence-electron chi connectivity index (χ4n) is 7.15. The maximum atomic E-state index is 13.8. The van der Waals surface area contributed by atoms with Crippen LogP contribution in [0.1, 0.15) is 51.4 Å². The highest BCUT2D eigenvalue weighted by molar-refractivity contribution is 6.07. The van der Waals surface area contributed by atoms with Gasteiger partial charge in [0.1, 0.15) is 5.69 Å². The number of aliphatic hydroxyl groups is 1. The highest BCUT2D eigenvalue weighted by atomic mass is 16.3. The lowest BCUT2D eigenvalue weighted by Gasteiger charge is -2.33. The number of amides is 1. The lowest BCUT2D eigenvalue weighted by molar-refractivity contribution is 0.0964. The van der Waals surface area contributed by atoms with Crippen LogP contribution in [0.5, 0.6) is 0 Å². The summed E-state index contributed by atoms with van der Waals surface area (Å²) in [4.78, 5) is 38.2. The number of hydrogen-bond donors (Lipinski definition) is 1. The third kappa shape index (κ3) is 5.14. The van der Waals surface area contributed by atoms with Crippen LogP contribution in [0.3, 0.4) is 0 Å². The number of carbonyl (C=O) groups is 1. The second-order valence-electron chi connectivity index (χ2n) is 12.4. The average Bonchev–Trinajstić information content (AvgIpc) is 3.43. The standard InChI is InChI=1S/C35H40N6O3/c1-37-12-14-39(15-13-37)28-11-10-27(36-21-28)19-25-18-26(22-38(2)34(25)43)29-7-5-9-32(30(29)23-42)41-17-16-40-31-8-4-3-6-24(31)20-33(40)35(41)44/h5,7,9-11,18,20-22,42H,3-4,6,8,12-17,19,23H2,1-2H3. The number of piperazine rings is 1. The van der Waals surface area contributed by atoms with E-state index in [-0.39, 0.29) is 18.1 Å². The largest absolute Gasteiger partial charge is 0.392 e. The van der Waals surface area contributed by atoms with Crippen LogP contribution in [0.4, 0.5) is 11.4 Å². The fourth-order valence-corrected chi connectivity index (χ4v) is 7.15. The summed E-state index contributed by atoms with van der Waals surface area (Å²) in [7, 11) is 3.90. The first-order valence-corrected chi connectivity index (χ1v) is 15.8. The van der Waals surface area contributed by atoms with Crippen molar-refractivity contribution in [1.82, 2.24) is 19.0 Å². The van der Waals surface area contributed by atoms with Gasteiger partial charge in [0.15, 0.2) is 0 Å². The molecule has 0 bridgehead atoms. The average molecular weight is 593 g/mol. The molecule has 3 aromatic heterocycles. The monoisotopic (exact) mass is 592 g/mol. The maximum absolute atomic E-state index is 13.8. The highest BCUT2D eigenvalue weighted by Gasteiger charge is 2.31. The minimum absolute atomic E-state index is 0.0234. The van der Waals surface area contributed by atoms with Crippen molar-refractivity contribution in [1.29, 1.82) is 0 Å². The summed E-state index contributed by atoms with van der Waals surface area (Å²) in [6.45, 7) is 5.09. The van der Waals surface area contributed by atoms with E-state index in [1.165, 1.54) is 24.1 Å². The van der Waals surface area contributed by atoms with Gasteiger partial charge in [-0.05, 0) is 79.8 Å². The van der Waals surface area contributed by atoms with Crippen LogP contribution in [0, 0.1) is 0 Å². The zero-order chi connectivity index (χ0) is 30.4. The molecule has 1 fully saturated rings. The lowest BCUT2D eigenvalue weighted by Crippen LogP contribution is -2.44. The molecule has 1 amide bonds. The van der Waals surface area contributed by atoms with Crippen LogP contribution in [0.15, 0.2) is 59.7 Å². The first-order chi connectivity index (χ1) is 21.4. The van der Waals surface area contributed by atoms with Crippen molar-refractivity contribution in [2.75, 3.05) is 49.6 Å². The van der Waals surface area contributed by atoms with E-state index < -0.39 is 0 Å². The Morgan fingerprint density at radius 1 is 0.909 bits per heavy atom. The van der Waals surface area contributed by atoms with E-state index in [0.29, 0.717) is 24.1 Å². The number of carbonyl (C=O) groups excluding carboxylic acids is 1. The lowest BCUT2D eigenvalue weighted by atomic mass is 9.96. The van der Waals surface area contributed by atoms with Crippen molar-refractivity contribution >= 4 is 17.3 Å². The molecule has 9 nitrogen and oxygen atoms in total. The number of fused-ring (bicyclic) bond motifs is 3. The molecule has 228 valence electrons. The maximum Gasteiger partial charge on any atom is 0.274 e. The second-order valence-corrected chi connectivity index (χ2v) is 12.4. The molecule has 0 atom stereocenters. The van der Waals surface area contributed by atoms with Gasteiger partial charge in [0.2, 0.25) is 0 Å². The van der Waals surface area contributed by atoms with E-state index in [4.69, 9.17) is 4.98 Å². The predicted molar refractivity (Wildman–Crippen MR) is 173 cm³/mol. The SMILES string of the molecule is CN1CCN(c2ccc(Cc3cc(-c4cccc(N5CCn6c(cc7c6CCCC7)C5=O)c4CO)cn(C)c3=O)nc2)CC1. The van der Waals surface area contributed by atoms with Gasteiger partial charge in [-0.1, -0.05) is 12.1 Å². The predicted octanol–water partition coefficient (Wildman–Crippen LogP) is 3.62. The number of aromatic nitrogens is 3. The number of anilines is 2. The number of benzene rings is 1. The van der Waals surface area contributed by atoms with Gasteiger partial charge >= 0.3 is 0 Å². The minimum atomic E-state index is -0.222. The van der Waals surface area contributed by atoms with E-state index in [2.05, 4.69) is 33.5 Å². The van der Waals surface area contributed by atoms with Crippen LogP contribution >= 0.6 is 0 Å². The summed E-state index contributed by atoms with van der Waals surface area (Å²) < 4.78 is 3.81. The number of aliphatic hydroxyl groups excluding tert-OH is 1. The zero-order valence-electron chi connectivity index (χ0n) is 25.6. The molecule has 3 aliphatic rings. The molecular formula is C35H40N6O3. The number of pyridine rings is 2. The fraction of sp³-hybridized carbons (Fsp3) is 0.400. The third-order valence-corrected chi connectivity index (χ3v) is 9.64. The smallest absolute Gasteiger partial charge is 0.274 e. The molecule has 5 heterocycles. The van der Waals surface area contributed by atoms with E-state index in [1.54, 1.807) is 11.6 Å². The Hall–Kier alpha value is -4.21. The topological polar surface area (TPSA) is 86.8 Å². The summed E-state index contributed by atoms with van der Waals surface area (Å²) >= 11 is 0. The summed E-state index contributed by atoms with van der Waals surface area (Å²) in [6, 6.07) is 13.9. The molecular weight excluding hydrogens is 552 g/mol. The van der Waals surface area contributed by atoms with E-state index in [0.717, 1.165) is 79.5 Å². The van der Waals surface area contributed by atoms with E-state index in [9.17, 15) is 14.7 Å². The van der Waals surface area contributed by atoms with Crippen molar-refractivity contribution in [2.24, 2.45) is 7.05 Å². The number of nitrogens with zero attached hydrogens (tertiary/aromatic N) is 6. The van der Waals surface area contributed by atoms with Gasteiger partial charge in [-0.15, -0.1) is 0 Å². The zero-order valence-corrected chi connectivity index (χ0v) is 25.6. The van der Waals surface area contributed by atoms with Crippen molar-refractivity contribution in [3.8, 4) is 11.1 Å². The van der Waals surface area contributed by atoms with E-state index >= 15 is 0 Å². The number of aryl methyl sites for hydroxylation is 2. The Bertz CT molecular complexity index is 1760. The molecule has 0 spiro atoms. The quantitative estimate of drug-likeness (QED) is 0.368. The minimum Gasteiger partial charge on any atom is -0.392 e. The summed E-state index contributed by atoms with van der Waals surface area (Å²) in [6.07, 6.45) is 8.53. The molecule has 2 aliphatic heterocycles. The second kappa shape index (κ2) is 11.7. The third-order valence-electron chi connectivity index (χ3n) is 9.64. The van der Waals surface area contributed by atoms with Gasteiger partial charge in [0.05, 0.1) is 24.2 Å². The number of likely N-dealkylation sites (N-methyl/N-ethyl adjacent to an activating group) is 1. The van der Waals surface area contributed by atoms with Crippen LogP contribution in [0.25, 0.3) is 11.1 Å². The molecule has 1 aliphatic carbocycles. The van der Waals surface area contributed by atoms with E-state index in [1.807, 2.05) is 47.6 Å². The molecule has 0 saturated carbocycles. The Kier molecular flexibility index (Phi) is 7.60. The van der Waals surface area contributed by atoms with Crippen molar-refractivity contribution in [3.63, 3.8) is 0 Å². The van der Waals surface area contributed by atoms with Gasteiger partial charge in [0.25, 0.3) is 11.5 Å². The van der Waals surface area contributed by atoms with Gasteiger partial charge in [-0.25, -0.2) is 0 Å². The van der Waals surface area contributed by atoms with Gasteiger partial charge in [0, 0.05) is 81.4 Å². The number of rotatable bonds is 6. The normalized spacial score (nSPS) is 17.1. The first-order valence-electron chi connectivity index (χ1n) is 15.8. The Morgan fingerprint density at radius 2 is 1.73 bits per heavy atom. The number of hydrogen-bond acceptors (Lipinski definition) is 6. The van der Waals surface area contributed by atoms with Crippen molar-refractivity contribution in [2.45, 2.75) is 45.3 Å². The Morgan fingerprint density at radius 3 is 2.50 bits per heavy atom. The first kappa shape index (κ1) is 28.6. The summed E-state index contributed by atoms with van der Waals surface area (Å²) in [5, 5.41) is 10.7. The van der Waals surface area contributed by atoms with Gasteiger partial charge in [-0.3, -0.25) is 14.6 Å². The molecule has 1 N–H and O–H groups in total. The molecule has 1 aromatic carbocycles. The van der Waals surface area contributed by atoms with Crippen LogP contribution in [-0.2, 0) is 39.5 Å². The molecule has 0 radical (unpaired) electrons. The highest BCUT2D eigenvalue weighted by Crippen LogP contribution is 2.35. The summed E-state index contributed by atoms with van der Waals surface area (Å²) in [5.41, 5.74) is 8.90. The molecule has 0 unspecified atom stereocenters. The van der Waals surface area contributed by atoms with Crippen molar-refractivity contribution in [3.05, 3.63) is 99.0 Å². The molecule has 1 saturated heterocycles. The molecule has 4 aromatic rings.